The largest absolute Gasteiger partial charge is 0.346 e. The monoisotopic (exact) mass is 385 g/mol. The maximum Gasteiger partial charge on any atom is 0.173 e. The van der Waals surface area contributed by atoms with Gasteiger partial charge >= 0.3 is 0 Å². The van der Waals surface area contributed by atoms with Crippen molar-refractivity contribution in [1.82, 2.24) is 9.80 Å². The molecule has 2 aromatic carbocycles. The summed E-state index contributed by atoms with van der Waals surface area (Å²) in [6, 6.07) is 16.3. The second-order valence-electron chi connectivity index (χ2n) is 6.44. The van der Waals surface area contributed by atoms with Gasteiger partial charge in [-0.15, -0.1) is 0 Å². The Bertz CT molecular complexity index is 768. The summed E-state index contributed by atoms with van der Waals surface area (Å²) >= 11 is 11.8. The number of piperazine rings is 1. The van der Waals surface area contributed by atoms with Gasteiger partial charge in [-0.25, -0.2) is 0 Å². The number of hydrogen-bond donors (Lipinski definition) is 1. The van der Waals surface area contributed by atoms with E-state index in [1.165, 1.54) is 5.56 Å². The van der Waals surface area contributed by atoms with E-state index in [9.17, 15) is 0 Å². The minimum Gasteiger partial charge on any atom is -0.346 e. The minimum absolute atomic E-state index is 0.757. The van der Waals surface area contributed by atoms with Crippen LogP contribution in [0.15, 0.2) is 54.6 Å². The topological polar surface area (TPSA) is 18.5 Å². The Balaban J connectivity index is 1.46. The Kier molecular flexibility index (Phi) is 6.67. The van der Waals surface area contributed by atoms with E-state index in [1.807, 2.05) is 31.2 Å². The standard InChI is InChI=1S/C21H24ClN3S/c1-17-19(22)10-5-11-20(17)23-21(26)25-15-13-24(14-16-25)12-6-9-18-7-3-2-4-8-18/h2-11H,12-16H2,1H3,(H,23,26)/b9-6-. The van der Waals surface area contributed by atoms with Crippen LogP contribution in [-0.4, -0.2) is 47.6 Å². The molecule has 0 spiro atoms. The molecule has 1 aliphatic rings. The fourth-order valence-corrected chi connectivity index (χ4v) is 3.44. The van der Waals surface area contributed by atoms with Crippen LogP contribution in [0.4, 0.5) is 5.69 Å². The van der Waals surface area contributed by atoms with Gasteiger partial charge in [-0.3, -0.25) is 4.90 Å². The van der Waals surface area contributed by atoms with E-state index in [4.69, 9.17) is 23.8 Å². The van der Waals surface area contributed by atoms with Crippen LogP contribution in [0, 0.1) is 6.92 Å². The number of anilines is 1. The summed E-state index contributed by atoms with van der Waals surface area (Å²) in [6.07, 6.45) is 4.41. The van der Waals surface area contributed by atoms with Crippen LogP contribution in [0.25, 0.3) is 6.08 Å². The molecule has 0 radical (unpaired) electrons. The first-order valence-electron chi connectivity index (χ1n) is 8.88. The summed E-state index contributed by atoms with van der Waals surface area (Å²) in [4.78, 5) is 4.68. The highest BCUT2D eigenvalue weighted by Crippen LogP contribution is 2.23. The molecular weight excluding hydrogens is 362 g/mol. The fourth-order valence-electron chi connectivity index (χ4n) is 2.97. The maximum absolute atomic E-state index is 6.18. The van der Waals surface area contributed by atoms with Gasteiger partial charge in [0.1, 0.15) is 0 Å². The predicted octanol–water partition coefficient (Wildman–Crippen LogP) is 4.68. The Morgan fingerprint density at radius 3 is 2.54 bits per heavy atom. The van der Waals surface area contributed by atoms with E-state index in [0.29, 0.717) is 0 Å². The number of nitrogens with one attached hydrogen (secondary N) is 1. The van der Waals surface area contributed by atoms with Crippen molar-refractivity contribution < 1.29 is 0 Å². The predicted molar refractivity (Wildman–Crippen MR) is 116 cm³/mol. The van der Waals surface area contributed by atoms with E-state index >= 15 is 0 Å². The van der Waals surface area contributed by atoms with Crippen LogP contribution < -0.4 is 5.32 Å². The van der Waals surface area contributed by atoms with E-state index < -0.39 is 0 Å². The molecule has 136 valence electrons. The summed E-state index contributed by atoms with van der Waals surface area (Å²) in [5.74, 6) is 0. The molecule has 5 heteroatoms. The van der Waals surface area contributed by atoms with Gasteiger partial charge in [0.25, 0.3) is 0 Å². The molecule has 0 aromatic heterocycles. The van der Waals surface area contributed by atoms with Crippen LogP contribution in [-0.2, 0) is 0 Å². The van der Waals surface area contributed by atoms with Gasteiger partial charge in [-0.05, 0) is 42.4 Å². The van der Waals surface area contributed by atoms with Crippen molar-refractivity contribution in [3.8, 4) is 0 Å². The highest BCUT2D eigenvalue weighted by atomic mass is 35.5. The van der Waals surface area contributed by atoms with Crippen molar-refractivity contribution >= 4 is 40.7 Å². The zero-order valence-electron chi connectivity index (χ0n) is 15.0. The van der Waals surface area contributed by atoms with Gasteiger partial charge in [-0.2, -0.15) is 0 Å². The zero-order valence-corrected chi connectivity index (χ0v) is 16.6. The van der Waals surface area contributed by atoms with Gasteiger partial charge in [0.05, 0.1) is 0 Å². The number of halogens is 1. The molecule has 0 aliphatic carbocycles. The average Bonchev–Trinajstić information content (AvgIpc) is 2.67. The molecule has 2 aromatic rings. The molecule has 1 N–H and O–H groups in total. The molecular formula is C21H24ClN3S. The first-order valence-corrected chi connectivity index (χ1v) is 9.67. The maximum atomic E-state index is 6.18. The van der Waals surface area contributed by atoms with Crippen LogP contribution in [0.2, 0.25) is 5.02 Å². The lowest BCUT2D eigenvalue weighted by Gasteiger charge is -2.35. The summed E-state index contributed by atoms with van der Waals surface area (Å²) in [6.45, 7) is 6.86. The lowest BCUT2D eigenvalue weighted by Crippen LogP contribution is -2.49. The van der Waals surface area contributed by atoms with Crippen molar-refractivity contribution in [2.75, 3.05) is 38.0 Å². The number of thiocarbonyl (C=S) groups is 1. The summed E-state index contributed by atoms with van der Waals surface area (Å²) in [5.41, 5.74) is 3.25. The first kappa shape index (κ1) is 18.9. The molecule has 1 aliphatic heterocycles. The van der Waals surface area contributed by atoms with Gasteiger partial charge in [0.2, 0.25) is 0 Å². The van der Waals surface area contributed by atoms with Crippen LogP contribution >= 0.6 is 23.8 Å². The number of hydrogen-bond acceptors (Lipinski definition) is 2. The minimum atomic E-state index is 0.757. The first-order chi connectivity index (χ1) is 12.6. The third kappa shape index (κ3) is 5.07. The van der Waals surface area contributed by atoms with Crippen LogP contribution in [0.5, 0.6) is 0 Å². The molecule has 1 fully saturated rings. The number of rotatable bonds is 4. The van der Waals surface area contributed by atoms with Crippen molar-refractivity contribution in [3.63, 3.8) is 0 Å². The third-order valence-electron chi connectivity index (χ3n) is 4.64. The van der Waals surface area contributed by atoms with Crippen LogP contribution in [0.1, 0.15) is 11.1 Å². The highest BCUT2D eigenvalue weighted by Gasteiger charge is 2.18. The molecule has 1 heterocycles. The van der Waals surface area contributed by atoms with E-state index in [-0.39, 0.29) is 0 Å². The molecule has 26 heavy (non-hydrogen) atoms. The van der Waals surface area contributed by atoms with Crippen molar-refractivity contribution in [1.29, 1.82) is 0 Å². The molecule has 0 atom stereocenters. The number of benzene rings is 2. The van der Waals surface area contributed by atoms with Crippen molar-refractivity contribution in [3.05, 3.63) is 70.8 Å². The molecule has 3 rings (SSSR count). The van der Waals surface area contributed by atoms with Gasteiger partial charge in [0, 0.05) is 43.4 Å². The SMILES string of the molecule is Cc1c(Cl)cccc1NC(=S)N1CCN(C/C=C\c2ccccc2)CC1. The molecule has 0 saturated carbocycles. The molecule has 3 nitrogen and oxygen atoms in total. The Hall–Kier alpha value is -1.88. The third-order valence-corrected chi connectivity index (χ3v) is 5.41. The summed E-state index contributed by atoms with van der Waals surface area (Å²) in [7, 11) is 0. The summed E-state index contributed by atoms with van der Waals surface area (Å²) < 4.78 is 0. The molecule has 0 unspecified atom stereocenters. The van der Waals surface area contributed by atoms with Gasteiger partial charge in [0.15, 0.2) is 5.11 Å². The average molecular weight is 386 g/mol. The fraction of sp³-hybridized carbons (Fsp3) is 0.286. The van der Waals surface area contributed by atoms with Gasteiger partial charge < -0.3 is 10.2 Å². The van der Waals surface area contributed by atoms with E-state index in [2.05, 4.69) is 51.5 Å². The molecule has 1 saturated heterocycles. The second kappa shape index (κ2) is 9.17. The molecule has 0 bridgehead atoms. The highest BCUT2D eigenvalue weighted by molar-refractivity contribution is 7.80. The van der Waals surface area contributed by atoms with Crippen molar-refractivity contribution in [2.24, 2.45) is 0 Å². The van der Waals surface area contributed by atoms with E-state index in [1.54, 1.807) is 0 Å². The zero-order chi connectivity index (χ0) is 18.4. The Morgan fingerprint density at radius 1 is 1.08 bits per heavy atom. The Morgan fingerprint density at radius 2 is 1.81 bits per heavy atom. The quantitative estimate of drug-likeness (QED) is 0.770. The van der Waals surface area contributed by atoms with Crippen LogP contribution in [0.3, 0.4) is 0 Å². The lowest BCUT2D eigenvalue weighted by molar-refractivity contribution is 0.200. The smallest absolute Gasteiger partial charge is 0.173 e. The van der Waals surface area contributed by atoms with Gasteiger partial charge in [-0.1, -0.05) is 60.2 Å². The Labute approximate surface area is 166 Å². The summed E-state index contributed by atoms with van der Waals surface area (Å²) in [5, 5.41) is 4.87. The second-order valence-corrected chi connectivity index (χ2v) is 7.24. The molecule has 0 amide bonds. The lowest BCUT2D eigenvalue weighted by atomic mass is 10.2. The number of nitrogens with zero attached hydrogens (tertiary/aromatic N) is 2. The van der Waals surface area contributed by atoms with E-state index in [0.717, 1.165) is 54.1 Å². The van der Waals surface area contributed by atoms with Crippen molar-refractivity contribution in [2.45, 2.75) is 6.92 Å². The normalized spacial score (nSPS) is 15.4.